The average Bonchev–Trinajstić information content (AvgIpc) is 2.50. The highest BCUT2D eigenvalue weighted by Crippen LogP contribution is 2.07. The molecule has 4 nitrogen and oxygen atoms in total. The van der Waals surface area contributed by atoms with Crippen LogP contribution in [0, 0.1) is 0 Å². The number of rotatable bonds is 10. The minimum absolute atomic E-state index is 0.357. The third-order valence-corrected chi connectivity index (χ3v) is 4.27. The van der Waals surface area contributed by atoms with Crippen molar-refractivity contribution in [2.45, 2.75) is 52.7 Å². The molecule has 0 radical (unpaired) electrons. The summed E-state index contributed by atoms with van der Waals surface area (Å²) in [6.45, 7) is 10.3. The summed E-state index contributed by atoms with van der Waals surface area (Å²) in [6, 6.07) is 8.55. The first-order valence-electron chi connectivity index (χ1n) is 8.74. The zero-order valence-corrected chi connectivity index (χ0v) is 16.3. The van der Waals surface area contributed by atoms with Gasteiger partial charge in [0.25, 0.3) is 0 Å². The van der Waals surface area contributed by atoms with Crippen LogP contribution in [0.15, 0.2) is 24.3 Å². The van der Waals surface area contributed by atoms with Crippen LogP contribution in [0.5, 0.6) is 0 Å². The van der Waals surface area contributed by atoms with Crippen molar-refractivity contribution in [1.82, 2.24) is 10.6 Å². The van der Waals surface area contributed by atoms with E-state index in [4.69, 9.17) is 4.74 Å². The quantitative estimate of drug-likeness (QED) is 0.625. The Morgan fingerprint density at radius 1 is 1.12 bits per heavy atom. The summed E-state index contributed by atoms with van der Waals surface area (Å²) in [6.07, 6.45) is 1.67. The second kappa shape index (κ2) is 11.4. The predicted molar refractivity (Wildman–Crippen MR) is 104 cm³/mol. The molecule has 136 valence electrons. The van der Waals surface area contributed by atoms with Crippen LogP contribution in [-0.4, -0.2) is 36.3 Å². The first kappa shape index (κ1) is 20.8. The van der Waals surface area contributed by atoms with E-state index >= 15 is 0 Å². The van der Waals surface area contributed by atoms with Crippen LogP contribution in [0.25, 0.3) is 0 Å². The van der Waals surface area contributed by atoms with Crippen molar-refractivity contribution >= 4 is 17.9 Å². The van der Waals surface area contributed by atoms with E-state index in [1.165, 1.54) is 29.1 Å². The zero-order chi connectivity index (χ0) is 17.8. The minimum atomic E-state index is -0.450. The van der Waals surface area contributed by atoms with E-state index in [-0.39, 0.29) is 6.09 Å². The molecule has 1 aromatic rings. The Hall–Kier alpha value is -1.20. The van der Waals surface area contributed by atoms with Gasteiger partial charge in [-0.1, -0.05) is 31.2 Å². The monoisotopic (exact) mass is 352 g/mol. The molecular weight excluding hydrogens is 320 g/mol. The van der Waals surface area contributed by atoms with E-state index in [2.05, 4.69) is 41.8 Å². The molecule has 0 aliphatic carbocycles. The number of benzene rings is 1. The van der Waals surface area contributed by atoms with Crippen LogP contribution < -0.4 is 10.6 Å². The largest absolute Gasteiger partial charge is 0.444 e. The number of ether oxygens (including phenoxy) is 1. The fourth-order valence-electron chi connectivity index (χ4n) is 2.12. The summed E-state index contributed by atoms with van der Waals surface area (Å²) in [5, 5.41) is 6.26. The third kappa shape index (κ3) is 10.6. The number of thioether (sulfide) groups is 1. The fraction of sp³-hybridized carbons (Fsp3) is 0.632. The van der Waals surface area contributed by atoms with Gasteiger partial charge in [0.15, 0.2) is 0 Å². The number of carbonyl (C=O) groups excluding carboxylic acids is 1. The van der Waals surface area contributed by atoms with Crippen LogP contribution in [0.1, 0.15) is 45.2 Å². The van der Waals surface area contributed by atoms with Gasteiger partial charge in [-0.15, -0.1) is 0 Å². The standard InChI is InChI=1S/C19H32N2O2S/c1-5-24-14-6-12-20-15-17-9-7-16(8-10-17)11-13-21-18(22)23-19(2,3)4/h7-10,20H,5-6,11-15H2,1-4H3,(H,21,22). The SMILES string of the molecule is CCSCCCNCc1ccc(CCNC(=O)OC(C)(C)C)cc1. The lowest BCUT2D eigenvalue weighted by molar-refractivity contribution is 0.0528. The maximum absolute atomic E-state index is 11.6. The van der Waals surface area contributed by atoms with Crippen molar-refractivity contribution < 1.29 is 9.53 Å². The smallest absolute Gasteiger partial charge is 0.407 e. The van der Waals surface area contributed by atoms with Crippen LogP contribution >= 0.6 is 11.8 Å². The summed E-state index contributed by atoms with van der Waals surface area (Å²) in [5.41, 5.74) is 2.06. The predicted octanol–water partition coefficient (Wildman–Crippen LogP) is 3.99. The molecule has 0 aliphatic rings. The normalized spacial score (nSPS) is 11.3. The van der Waals surface area contributed by atoms with E-state index in [1.54, 1.807) is 0 Å². The maximum atomic E-state index is 11.6. The van der Waals surface area contributed by atoms with Crippen LogP contribution in [0.3, 0.4) is 0 Å². The Kier molecular flexibility index (Phi) is 9.88. The maximum Gasteiger partial charge on any atom is 0.407 e. The van der Waals surface area contributed by atoms with Crippen LogP contribution in [-0.2, 0) is 17.7 Å². The van der Waals surface area contributed by atoms with Crippen LogP contribution in [0.2, 0.25) is 0 Å². The number of hydrogen-bond donors (Lipinski definition) is 2. The van der Waals surface area contributed by atoms with E-state index in [9.17, 15) is 4.79 Å². The van der Waals surface area contributed by atoms with Gasteiger partial charge in [-0.2, -0.15) is 11.8 Å². The fourth-order valence-corrected chi connectivity index (χ4v) is 2.76. The summed E-state index contributed by atoms with van der Waals surface area (Å²) >= 11 is 1.99. The van der Waals surface area contributed by atoms with E-state index in [0.29, 0.717) is 6.54 Å². The van der Waals surface area contributed by atoms with Crippen molar-refractivity contribution in [3.05, 3.63) is 35.4 Å². The summed E-state index contributed by atoms with van der Waals surface area (Å²) in [4.78, 5) is 11.6. The van der Waals surface area contributed by atoms with Gasteiger partial charge in [0.05, 0.1) is 0 Å². The highest BCUT2D eigenvalue weighted by atomic mass is 32.2. The van der Waals surface area contributed by atoms with Gasteiger partial charge in [0.1, 0.15) is 5.60 Å². The van der Waals surface area contributed by atoms with Crippen molar-refractivity contribution in [1.29, 1.82) is 0 Å². The van der Waals surface area contributed by atoms with Gasteiger partial charge >= 0.3 is 6.09 Å². The molecule has 0 saturated carbocycles. The molecule has 24 heavy (non-hydrogen) atoms. The van der Waals surface area contributed by atoms with Crippen LogP contribution in [0.4, 0.5) is 4.79 Å². The molecule has 0 aromatic heterocycles. The molecule has 5 heteroatoms. The molecule has 1 aromatic carbocycles. The van der Waals surface area contributed by atoms with Gasteiger partial charge in [-0.05, 0) is 62.8 Å². The van der Waals surface area contributed by atoms with Gasteiger partial charge in [0.2, 0.25) is 0 Å². The first-order valence-corrected chi connectivity index (χ1v) is 9.89. The average molecular weight is 353 g/mol. The highest BCUT2D eigenvalue weighted by molar-refractivity contribution is 7.99. The number of carbonyl (C=O) groups is 1. The number of nitrogens with one attached hydrogen (secondary N) is 2. The Morgan fingerprint density at radius 2 is 1.79 bits per heavy atom. The lowest BCUT2D eigenvalue weighted by Gasteiger charge is -2.19. The van der Waals surface area contributed by atoms with Crippen molar-refractivity contribution in [3.8, 4) is 0 Å². The Labute approximate surface area is 151 Å². The third-order valence-electron chi connectivity index (χ3n) is 3.28. The second-order valence-electron chi connectivity index (χ2n) is 6.72. The molecule has 0 fully saturated rings. The van der Waals surface area contributed by atoms with E-state index in [1.807, 2.05) is 32.5 Å². The molecule has 0 atom stereocenters. The molecule has 1 amide bonds. The van der Waals surface area contributed by atoms with E-state index in [0.717, 1.165) is 19.5 Å². The zero-order valence-electron chi connectivity index (χ0n) is 15.5. The molecule has 0 bridgehead atoms. The summed E-state index contributed by atoms with van der Waals surface area (Å²) in [5.74, 6) is 2.43. The molecule has 0 heterocycles. The minimum Gasteiger partial charge on any atom is -0.444 e. The molecule has 2 N–H and O–H groups in total. The Bertz CT molecular complexity index is 469. The molecule has 0 saturated heterocycles. The molecule has 0 aliphatic heterocycles. The van der Waals surface area contributed by atoms with Gasteiger partial charge in [-0.3, -0.25) is 0 Å². The highest BCUT2D eigenvalue weighted by Gasteiger charge is 2.15. The Balaban J connectivity index is 2.19. The molecular formula is C19H32N2O2S. The molecule has 0 unspecified atom stereocenters. The van der Waals surface area contributed by atoms with Crippen molar-refractivity contribution in [2.24, 2.45) is 0 Å². The van der Waals surface area contributed by atoms with Crippen molar-refractivity contribution in [3.63, 3.8) is 0 Å². The molecule has 0 spiro atoms. The molecule has 1 rings (SSSR count). The topological polar surface area (TPSA) is 50.4 Å². The Morgan fingerprint density at radius 3 is 2.42 bits per heavy atom. The van der Waals surface area contributed by atoms with Gasteiger partial charge < -0.3 is 15.4 Å². The number of hydrogen-bond acceptors (Lipinski definition) is 4. The van der Waals surface area contributed by atoms with Gasteiger partial charge in [0, 0.05) is 13.1 Å². The van der Waals surface area contributed by atoms with E-state index < -0.39 is 5.60 Å². The summed E-state index contributed by atoms with van der Waals surface area (Å²) in [7, 11) is 0. The second-order valence-corrected chi connectivity index (χ2v) is 8.12. The number of amides is 1. The van der Waals surface area contributed by atoms with Gasteiger partial charge in [-0.25, -0.2) is 4.79 Å². The lowest BCUT2D eigenvalue weighted by Crippen LogP contribution is -2.33. The van der Waals surface area contributed by atoms with Crippen molar-refractivity contribution in [2.75, 3.05) is 24.6 Å². The number of alkyl carbamates (subject to hydrolysis) is 1. The lowest BCUT2D eigenvalue weighted by atomic mass is 10.1. The summed E-state index contributed by atoms with van der Waals surface area (Å²) < 4.78 is 5.21. The first-order chi connectivity index (χ1) is 11.4.